The lowest BCUT2D eigenvalue weighted by Gasteiger charge is -1.96. The molecule has 8 heteroatoms. The summed E-state index contributed by atoms with van der Waals surface area (Å²) in [6.07, 6.45) is 1.84. The Morgan fingerprint density at radius 3 is 1.79 bits per heavy atom. The first-order valence-corrected chi connectivity index (χ1v) is 10.1. The van der Waals surface area contributed by atoms with Crippen LogP contribution in [-0.2, 0) is 9.84 Å². The third-order valence-corrected chi connectivity index (χ3v) is 4.50. The topological polar surface area (TPSA) is 74.6 Å². The highest BCUT2D eigenvalue weighted by atomic mass is 35.5. The van der Waals surface area contributed by atoms with Crippen molar-refractivity contribution in [2.24, 2.45) is 0 Å². The lowest BCUT2D eigenvalue weighted by atomic mass is 10.6. The standard InChI is InChI=1S/C5H12O3S.C5H12OS.CH2Cl2/c1-2-4-9(7,8)5-3-6;1-2-4-7-5-3-6;2-1-3/h6H,2-5H2,1H3;6H,2-5H2,1H3;1H2. The maximum absolute atomic E-state index is 10.7. The van der Waals surface area contributed by atoms with E-state index in [0.29, 0.717) is 13.0 Å². The van der Waals surface area contributed by atoms with Crippen molar-refractivity contribution >= 4 is 44.8 Å². The van der Waals surface area contributed by atoms with Gasteiger partial charge in [0.05, 0.1) is 24.3 Å². The van der Waals surface area contributed by atoms with E-state index >= 15 is 0 Å². The minimum Gasteiger partial charge on any atom is -0.396 e. The molecule has 2 N–H and O–H groups in total. The van der Waals surface area contributed by atoms with Crippen LogP contribution < -0.4 is 0 Å². The summed E-state index contributed by atoms with van der Waals surface area (Å²) in [4.78, 5) is 0. The van der Waals surface area contributed by atoms with Gasteiger partial charge in [0.2, 0.25) is 0 Å². The van der Waals surface area contributed by atoms with Crippen LogP contribution in [0.25, 0.3) is 0 Å². The highest BCUT2D eigenvalue weighted by Gasteiger charge is 2.06. The average molecular weight is 357 g/mol. The highest BCUT2D eigenvalue weighted by molar-refractivity contribution is 7.99. The smallest absolute Gasteiger partial charge is 0.152 e. The monoisotopic (exact) mass is 356 g/mol. The van der Waals surface area contributed by atoms with E-state index in [9.17, 15) is 8.42 Å². The second-order valence-corrected chi connectivity index (χ2v) is 7.65. The van der Waals surface area contributed by atoms with Crippen molar-refractivity contribution in [2.75, 3.05) is 41.6 Å². The molecule has 0 saturated carbocycles. The molecule has 0 aliphatic rings. The molecule has 0 aromatic heterocycles. The first kappa shape index (κ1) is 24.8. The van der Waals surface area contributed by atoms with Crippen molar-refractivity contribution in [2.45, 2.75) is 26.7 Å². The molecule has 0 unspecified atom stereocenters. The predicted molar refractivity (Wildman–Crippen MR) is 87.3 cm³/mol. The lowest BCUT2D eigenvalue weighted by molar-refractivity contribution is 0.319. The Kier molecular flexibility index (Phi) is 27.5. The molecule has 0 aliphatic heterocycles. The van der Waals surface area contributed by atoms with E-state index < -0.39 is 9.84 Å². The number of hydrogen-bond donors (Lipinski definition) is 2. The molecule has 0 amide bonds. The first-order valence-electron chi connectivity index (χ1n) is 6.07. The van der Waals surface area contributed by atoms with Crippen molar-refractivity contribution in [3.63, 3.8) is 0 Å². The molecule has 0 spiro atoms. The molecule has 0 saturated heterocycles. The number of rotatable bonds is 8. The van der Waals surface area contributed by atoms with E-state index in [0.717, 1.165) is 5.75 Å². The van der Waals surface area contributed by atoms with Crippen molar-refractivity contribution < 1.29 is 18.6 Å². The number of aliphatic hydroxyl groups excluding tert-OH is 2. The minimum absolute atomic E-state index is 0.0964. The van der Waals surface area contributed by atoms with Gasteiger partial charge in [-0.05, 0) is 18.6 Å². The van der Waals surface area contributed by atoms with Crippen molar-refractivity contribution in [3.8, 4) is 0 Å². The molecule has 0 fully saturated rings. The van der Waals surface area contributed by atoms with Crippen LogP contribution in [0.4, 0.5) is 0 Å². The van der Waals surface area contributed by atoms with Crippen LogP contribution in [-0.4, -0.2) is 60.2 Å². The van der Waals surface area contributed by atoms with Crippen LogP contribution >= 0.6 is 35.0 Å². The van der Waals surface area contributed by atoms with Crippen LogP contribution in [0.3, 0.4) is 0 Å². The van der Waals surface area contributed by atoms with E-state index in [1.165, 1.54) is 12.2 Å². The Labute approximate surface area is 131 Å². The van der Waals surface area contributed by atoms with Crippen LogP contribution in [0.1, 0.15) is 26.7 Å². The molecular formula is C11H26Cl2O4S2. The quantitative estimate of drug-likeness (QED) is 0.515. The summed E-state index contributed by atoms with van der Waals surface area (Å²) in [5, 5.41) is 16.7. The van der Waals surface area contributed by atoms with Crippen LogP contribution in [0.5, 0.6) is 0 Å². The van der Waals surface area contributed by atoms with Crippen molar-refractivity contribution in [3.05, 3.63) is 0 Å². The van der Waals surface area contributed by atoms with Crippen LogP contribution in [0, 0.1) is 0 Å². The fourth-order valence-electron chi connectivity index (χ4n) is 0.863. The van der Waals surface area contributed by atoms with Gasteiger partial charge in [-0.3, -0.25) is 0 Å². The number of halogens is 2. The van der Waals surface area contributed by atoms with Crippen molar-refractivity contribution in [1.29, 1.82) is 0 Å². The SMILES string of the molecule is CCCS(=O)(=O)CCO.CCCSCCO.ClCCl. The molecule has 0 rings (SSSR count). The van der Waals surface area contributed by atoms with Crippen LogP contribution in [0.15, 0.2) is 0 Å². The maximum atomic E-state index is 10.7. The summed E-state index contributed by atoms with van der Waals surface area (Å²) in [7, 11) is -2.93. The Hall–Kier alpha value is 0.800. The zero-order chi connectivity index (χ0) is 15.6. The summed E-state index contributed by atoms with van der Waals surface area (Å²) in [6, 6.07) is 0. The summed E-state index contributed by atoms with van der Waals surface area (Å²) in [5.74, 6) is 2.17. The fourth-order valence-corrected chi connectivity index (χ4v) is 2.59. The maximum Gasteiger partial charge on any atom is 0.152 e. The molecule has 0 bridgehead atoms. The molecule has 0 radical (unpaired) electrons. The van der Waals surface area contributed by atoms with E-state index in [-0.39, 0.29) is 23.5 Å². The lowest BCUT2D eigenvalue weighted by Crippen LogP contribution is -2.12. The van der Waals surface area contributed by atoms with Gasteiger partial charge in [-0.2, -0.15) is 11.8 Å². The van der Waals surface area contributed by atoms with E-state index in [1.54, 1.807) is 18.7 Å². The molecule has 0 aromatic carbocycles. The minimum atomic E-state index is -2.93. The summed E-state index contributed by atoms with van der Waals surface area (Å²) >= 11 is 11.3. The molecule has 19 heavy (non-hydrogen) atoms. The number of aliphatic hydroxyl groups is 2. The van der Waals surface area contributed by atoms with Gasteiger partial charge in [-0.15, -0.1) is 23.2 Å². The second kappa shape index (κ2) is 21.1. The Morgan fingerprint density at radius 2 is 1.47 bits per heavy atom. The predicted octanol–water partition coefficient (Wildman–Crippen LogP) is 2.35. The van der Waals surface area contributed by atoms with Gasteiger partial charge in [-0.25, -0.2) is 8.42 Å². The number of hydrogen-bond acceptors (Lipinski definition) is 5. The van der Waals surface area contributed by atoms with Gasteiger partial charge in [-0.1, -0.05) is 13.8 Å². The van der Waals surface area contributed by atoms with Gasteiger partial charge < -0.3 is 10.2 Å². The van der Waals surface area contributed by atoms with E-state index in [1.807, 2.05) is 0 Å². The number of thioether (sulfide) groups is 1. The fraction of sp³-hybridized carbons (Fsp3) is 1.00. The molecule has 0 aliphatic carbocycles. The summed E-state index contributed by atoms with van der Waals surface area (Å²) < 4.78 is 21.3. The summed E-state index contributed by atoms with van der Waals surface area (Å²) in [6.45, 7) is 4.01. The largest absolute Gasteiger partial charge is 0.396 e. The number of alkyl halides is 2. The number of sulfone groups is 1. The molecule has 120 valence electrons. The second-order valence-electron chi connectivity index (χ2n) is 3.31. The highest BCUT2D eigenvalue weighted by Crippen LogP contribution is 1.98. The first-order chi connectivity index (χ1) is 8.95. The van der Waals surface area contributed by atoms with Gasteiger partial charge in [0.25, 0.3) is 0 Å². The molecule has 0 aromatic rings. The molecule has 0 atom stereocenters. The van der Waals surface area contributed by atoms with Gasteiger partial charge in [0.1, 0.15) is 0 Å². The van der Waals surface area contributed by atoms with Crippen LogP contribution in [0.2, 0.25) is 0 Å². The van der Waals surface area contributed by atoms with E-state index in [2.05, 4.69) is 6.92 Å². The summed E-state index contributed by atoms with van der Waals surface area (Å²) in [5.41, 5.74) is 0. The third-order valence-electron chi connectivity index (χ3n) is 1.50. The van der Waals surface area contributed by atoms with Crippen molar-refractivity contribution in [1.82, 2.24) is 0 Å². The Morgan fingerprint density at radius 1 is 0.947 bits per heavy atom. The normalized spacial score (nSPS) is 10.0. The molecule has 0 heterocycles. The zero-order valence-corrected chi connectivity index (χ0v) is 14.8. The molecule has 4 nitrogen and oxygen atoms in total. The third kappa shape index (κ3) is 32.4. The molecular weight excluding hydrogens is 331 g/mol. The zero-order valence-electron chi connectivity index (χ0n) is 11.6. The van der Waals surface area contributed by atoms with Gasteiger partial charge in [0, 0.05) is 11.5 Å². The Bertz CT molecular complexity index is 221. The van der Waals surface area contributed by atoms with Gasteiger partial charge >= 0.3 is 0 Å². The van der Waals surface area contributed by atoms with E-state index in [4.69, 9.17) is 33.4 Å². The van der Waals surface area contributed by atoms with Gasteiger partial charge in [0.15, 0.2) is 9.84 Å². The average Bonchev–Trinajstić information content (AvgIpc) is 2.31. The Balaban J connectivity index is -0.000000228.